The predicted octanol–water partition coefficient (Wildman–Crippen LogP) is -15.7. The molecule has 0 saturated carbocycles. The van der Waals surface area contributed by atoms with E-state index in [0.29, 0.717) is 0 Å². The second-order valence-electron chi connectivity index (χ2n) is 5.60. The summed E-state index contributed by atoms with van der Waals surface area (Å²) in [4.78, 5) is 56.9. The molecule has 17 heteroatoms. The van der Waals surface area contributed by atoms with E-state index >= 15 is 0 Å². The number of nitrogens with zero attached hydrogens (tertiary/aromatic N) is 3. The summed E-state index contributed by atoms with van der Waals surface area (Å²) in [5, 5.41) is 49.6. The number of carboxylic acids is 5. The van der Waals surface area contributed by atoms with Gasteiger partial charge in [0, 0.05) is 65.3 Å². The molecule has 0 aliphatic carbocycles. The number of hydrogen-bond acceptors (Lipinski definition) is 11. The zero-order chi connectivity index (χ0) is 21.0. The van der Waals surface area contributed by atoms with Gasteiger partial charge in [-0.3, -0.25) is 24.3 Å². The summed E-state index contributed by atoms with van der Waals surface area (Å²) in [6, 6.07) is 0. The van der Waals surface area contributed by atoms with Crippen LogP contribution in [0.4, 0.5) is 0 Å². The maximum absolute atomic E-state index is 10.8. The molecule has 0 bridgehead atoms. The largest absolute Gasteiger partial charge is 1.00 e. The molecule has 13 nitrogen and oxygen atoms in total. The topological polar surface area (TPSA) is 205 Å². The van der Waals surface area contributed by atoms with Crippen LogP contribution >= 0.6 is 0 Å². The van der Waals surface area contributed by atoms with Crippen molar-refractivity contribution in [2.24, 2.45) is 0 Å². The van der Waals surface area contributed by atoms with E-state index in [0.717, 1.165) is 9.80 Å². The van der Waals surface area contributed by atoms with Gasteiger partial charge in [0.1, 0.15) is 0 Å². The van der Waals surface area contributed by atoms with Crippen molar-refractivity contribution in [1.82, 2.24) is 14.7 Å². The Balaban J connectivity index is -0.000000563. The van der Waals surface area contributed by atoms with E-state index in [1.165, 1.54) is 4.90 Å². The van der Waals surface area contributed by atoms with E-state index < -0.39 is 62.6 Å². The van der Waals surface area contributed by atoms with E-state index in [9.17, 15) is 39.3 Å². The van der Waals surface area contributed by atoms with Crippen molar-refractivity contribution in [2.75, 3.05) is 58.9 Å². The summed E-state index contributed by atoms with van der Waals surface area (Å²) in [6.45, 7) is -3.60. The van der Waals surface area contributed by atoms with E-state index in [4.69, 9.17) is 10.2 Å². The average molecular weight is 525 g/mol. The zero-order valence-corrected chi connectivity index (χ0v) is 27.0. The minimum absolute atomic E-state index is 0. The SMILES string of the molecule is O=C([O-])CN(CCN(CC(=O)[O-])CC(=O)O)CCN(CC(=O)[O-])CC(=O)O.[Na+].[Na+].[Na+].[Zn]. The van der Waals surface area contributed by atoms with Gasteiger partial charge in [-0.25, -0.2) is 0 Å². The fraction of sp³-hybridized carbons (Fsp3) is 0.643. The monoisotopic (exact) mass is 523 g/mol. The van der Waals surface area contributed by atoms with Crippen LogP contribution in [-0.4, -0.2) is 114 Å². The van der Waals surface area contributed by atoms with Gasteiger partial charge >= 0.3 is 101 Å². The first kappa shape index (κ1) is 42.0. The van der Waals surface area contributed by atoms with Crippen molar-refractivity contribution in [1.29, 1.82) is 0 Å². The molecular formula is C14H20N3Na3O10Zn. The third-order valence-corrected chi connectivity index (χ3v) is 3.24. The van der Waals surface area contributed by atoms with Gasteiger partial charge in [-0.1, -0.05) is 0 Å². The first-order valence-electron chi connectivity index (χ1n) is 7.69. The Bertz CT molecular complexity index is 502. The van der Waals surface area contributed by atoms with Crippen LogP contribution < -0.4 is 104 Å². The normalized spacial score (nSPS) is 9.65. The van der Waals surface area contributed by atoms with Gasteiger partial charge in [0.15, 0.2) is 0 Å². The molecule has 2 N–H and O–H groups in total. The molecule has 0 aromatic rings. The number of carbonyl (C=O) groups is 5. The first-order chi connectivity index (χ1) is 12.5. The molecule has 0 radical (unpaired) electrons. The number of carbonyl (C=O) groups excluding carboxylic acids is 3. The fourth-order valence-corrected chi connectivity index (χ4v) is 2.19. The Morgan fingerprint density at radius 3 is 0.968 bits per heavy atom. The predicted molar refractivity (Wildman–Crippen MR) is 79.6 cm³/mol. The van der Waals surface area contributed by atoms with Crippen molar-refractivity contribution in [3.63, 3.8) is 0 Å². The smallest absolute Gasteiger partial charge is 0.549 e. The molecule has 0 atom stereocenters. The fourth-order valence-electron chi connectivity index (χ4n) is 2.19. The summed E-state index contributed by atoms with van der Waals surface area (Å²) in [6.07, 6.45) is 0. The molecule has 0 aliphatic rings. The van der Waals surface area contributed by atoms with Gasteiger partial charge in [-0.05, 0) is 0 Å². The summed E-state index contributed by atoms with van der Waals surface area (Å²) in [5.74, 6) is -7.06. The minimum atomic E-state index is -1.51. The summed E-state index contributed by atoms with van der Waals surface area (Å²) < 4.78 is 0. The molecular weight excluding hydrogens is 505 g/mol. The number of rotatable bonds is 16. The van der Waals surface area contributed by atoms with Crippen LogP contribution in [-0.2, 0) is 43.5 Å². The Kier molecular flexibility index (Phi) is 32.5. The first-order valence-corrected chi connectivity index (χ1v) is 7.69. The molecule has 0 unspecified atom stereocenters. The molecule has 0 spiro atoms. The molecule has 0 fully saturated rings. The van der Waals surface area contributed by atoms with Crippen molar-refractivity contribution < 1.29 is 158 Å². The quantitative estimate of drug-likeness (QED) is 0.180. The Morgan fingerprint density at radius 1 is 0.516 bits per heavy atom. The van der Waals surface area contributed by atoms with Crippen molar-refractivity contribution in [3.05, 3.63) is 0 Å². The molecule has 156 valence electrons. The summed E-state index contributed by atoms with van der Waals surface area (Å²) in [5.41, 5.74) is 0. The van der Waals surface area contributed by atoms with Crippen LogP contribution in [0.15, 0.2) is 0 Å². The molecule has 0 aromatic heterocycles. The third-order valence-electron chi connectivity index (χ3n) is 3.24. The van der Waals surface area contributed by atoms with Crippen LogP contribution in [0.1, 0.15) is 0 Å². The van der Waals surface area contributed by atoms with E-state index in [1.807, 2.05) is 0 Å². The van der Waals surface area contributed by atoms with Crippen LogP contribution in [0.5, 0.6) is 0 Å². The van der Waals surface area contributed by atoms with Gasteiger partial charge in [-0.15, -0.1) is 0 Å². The molecule has 0 rings (SSSR count). The molecule has 0 aromatic carbocycles. The minimum Gasteiger partial charge on any atom is -0.549 e. The maximum atomic E-state index is 10.8. The van der Waals surface area contributed by atoms with Gasteiger partial charge in [0.25, 0.3) is 0 Å². The van der Waals surface area contributed by atoms with Crippen molar-refractivity contribution in [3.8, 4) is 0 Å². The maximum Gasteiger partial charge on any atom is 1.00 e. The molecule has 0 amide bonds. The van der Waals surface area contributed by atoms with Gasteiger partial charge in [0.05, 0.1) is 31.0 Å². The van der Waals surface area contributed by atoms with Gasteiger partial charge in [-0.2, -0.15) is 0 Å². The van der Waals surface area contributed by atoms with E-state index in [2.05, 4.69) is 0 Å². The second-order valence-corrected chi connectivity index (χ2v) is 5.60. The Hall–Kier alpha value is 0.853. The second kappa shape index (κ2) is 24.0. The van der Waals surface area contributed by atoms with Crippen molar-refractivity contribution in [2.45, 2.75) is 0 Å². The zero-order valence-electron chi connectivity index (χ0n) is 18.1. The van der Waals surface area contributed by atoms with Crippen LogP contribution in [0, 0.1) is 0 Å². The van der Waals surface area contributed by atoms with E-state index in [1.54, 1.807) is 0 Å². The molecule has 0 heterocycles. The molecule has 31 heavy (non-hydrogen) atoms. The summed E-state index contributed by atoms with van der Waals surface area (Å²) in [7, 11) is 0. The Labute approximate surface area is 258 Å². The van der Waals surface area contributed by atoms with Crippen molar-refractivity contribution >= 4 is 29.8 Å². The molecule has 0 aliphatic heterocycles. The van der Waals surface area contributed by atoms with Crippen LogP contribution in [0.2, 0.25) is 0 Å². The number of aliphatic carboxylic acids is 5. The average Bonchev–Trinajstić information content (AvgIpc) is 2.46. The van der Waals surface area contributed by atoms with Gasteiger partial charge in [0.2, 0.25) is 0 Å². The van der Waals surface area contributed by atoms with Crippen LogP contribution in [0.25, 0.3) is 0 Å². The summed E-state index contributed by atoms with van der Waals surface area (Å²) >= 11 is 0. The van der Waals surface area contributed by atoms with Crippen LogP contribution in [0.3, 0.4) is 0 Å². The van der Waals surface area contributed by atoms with E-state index in [-0.39, 0.29) is 134 Å². The molecule has 0 saturated heterocycles. The number of hydrogen-bond donors (Lipinski definition) is 2. The third kappa shape index (κ3) is 27.0. The van der Waals surface area contributed by atoms with Gasteiger partial charge < -0.3 is 39.9 Å². The number of carboxylic acid groups (broad SMARTS) is 5. The Morgan fingerprint density at radius 2 is 0.742 bits per heavy atom. The standard InChI is InChI=1S/C14H23N3O10.3Na.Zn/c18-10(19)5-15(1-3-16(6-11(20)21)7-12(22)23)2-4-17(8-13(24)25)9-14(26)27;;;;/h1-9H2,(H,18,19)(H,20,21)(H,22,23)(H,24,25)(H,26,27);;;;/q;3*+1;/p-3.